The van der Waals surface area contributed by atoms with Crippen LogP contribution in [-0.2, 0) is 9.59 Å². The van der Waals surface area contributed by atoms with Gasteiger partial charge in [-0.2, -0.15) is 0 Å². The SMILES string of the molecule is CNC(=O)CN1CCC(CN(C)C(=O)C(C)(C)C)CC1. The molecular formula is C15H29N3O2. The van der Waals surface area contributed by atoms with Gasteiger partial charge in [-0.05, 0) is 31.8 Å². The Kier molecular flexibility index (Phi) is 5.99. The highest BCUT2D eigenvalue weighted by Gasteiger charge is 2.28. The fourth-order valence-electron chi connectivity index (χ4n) is 2.65. The fraction of sp³-hybridized carbons (Fsp3) is 0.867. The molecule has 0 radical (unpaired) electrons. The van der Waals surface area contributed by atoms with Gasteiger partial charge in [-0.1, -0.05) is 20.8 Å². The van der Waals surface area contributed by atoms with Crippen molar-refractivity contribution in [1.82, 2.24) is 15.1 Å². The number of hydrogen-bond donors (Lipinski definition) is 1. The molecule has 1 heterocycles. The van der Waals surface area contributed by atoms with E-state index in [-0.39, 0.29) is 17.2 Å². The number of carbonyl (C=O) groups excluding carboxylic acids is 2. The second kappa shape index (κ2) is 7.07. The van der Waals surface area contributed by atoms with Gasteiger partial charge in [0, 0.05) is 26.1 Å². The van der Waals surface area contributed by atoms with Gasteiger partial charge in [0.1, 0.15) is 0 Å². The first-order chi connectivity index (χ1) is 9.24. The highest BCUT2D eigenvalue weighted by molar-refractivity contribution is 5.81. The average Bonchev–Trinajstić information content (AvgIpc) is 2.38. The minimum absolute atomic E-state index is 0.0727. The van der Waals surface area contributed by atoms with Gasteiger partial charge in [-0.15, -0.1) is 0 Å². The maximum Gasteiger partial charge on any atom is 0.233 e. The number of likely N-dealkylation sites (tertiary alicyclic amines) is 1. The van der Waals surface area contributed by atoms with E-state index in [4.69, 9.17) is 0 Å². The van der Waals surface area contributed by atoms with Crippen LogP contribution < -0.4 is 5.32 Å². The predicted molar refractivity (Wildman–Crippen MR) is 80.3 cm³/mol. The molecule has 0 saturated carbocycles. The third-order valence-corrected chi connectivity index (χ3v) is 3.87. The zero-order valence-corrected chi connectivity index (χ0v) is 13.5. The zero-order chi connectivity index (χ0) is 15.3. The second-order valence-electron chi connectivity index (χ2n) is 6.83. The summed E-state index contributed by atoms with van der Waals surface area (Å²) in [5.41, 5.74) is -0.311. The van der Waals surface area contributed by atoms with E-state index >= 15 is 0 Å². The lowest BCUT2D eigenvalue weighted by Crippen LogP contribution is -2.44. The third kappa shape index (κ3) is 5.12. The monoisotopic (exact) mass is 283 g/mol. The molecule has 2 amide bonds. The van der Waals surface area contributed by atoms with Crippen LogP contribution in [0, 0.1) is 11.3 Å². The summed E-state index contributed by atoms with van der Waals surface area (Å²) in [7, 11) is 3.56. The van der Waals surface area contributed by atoms with Crippen molar-refractivity contribution < 1.29 is 9.59 Å². The molecule has 1 fully saturated rings. The van der Waals surface area contributed by atoms with Crippen LogP contribution in [0.2, 0.25) is 0 Å². The van der Waals surface area contributed by atoms with Crippen molar-refractivity contribution in [2.75, 3.05) is 40.3 Å². The van der Waals surface area contributed by atoms with Gasteiger partial charge in [-0.3, -0.25) is 14.5 Å². The molecule has 0 aromatic carbocycles. The molecule has 1 rings (SSSR count). The minimum Gasteiger partial charge on any atom is -0.358 e. The first-order valence-electron chi connectivity index (χ1n) is 7.42. The molecule has 0 atom stereocenters. The summed E-state index contributed by atoms with van der Waals surface area (Å²) < 4.78 is 0. The number of carbonyl (C=O) groups is 2. The van der Waals surface area contributed by atoms with Gasteiger partial charge < -0.3 is 10.2 Å². The number of likely N-dealkylation sites (N-methyl/N-ethyl adjacent to an activating group) is 1. The summed E-state index contributed by atoms with van der Waals surface area (Å²) in [4.78, 5) is 27.5. The molecular weight excluding hydrogens is 254 g/mol. The summed E-state index contributed by atoms with van der Waals surface area (Å²) in [6.45, 7) is 9.06. The van der Waals surface area contributed by atoms with Crippen LogP contribution in [0.15, 0.2) is 0 Å². The number of nitrogens with one attached hydrogen (secondary N) is 1. The highest BCUT2D eigenvalue weighted by atomic mass is 16.2. The number of piperidine rings is 1. The van der Waals surface area contributed by atoms with E-state index in [1.807, 2.05) is 32.7 Å². The summed E-state index contributed by atoms with van der Waals surface area (Å²) in [5.74, 6) is 0.820. The van der Waals surface area contributed by atoms with Crippen molar-refractivity contribution in [2.24, 2.45) is 11.3 Å². The summed E-state index contributed by atoms with van der Waals surface area (Å²) in [5, 5.41) is 2.65. The lowest BCUT2D eigenvalue weighted by molar-refractivity contribution is -0.138. The van der Waals surface area contributed by atoms with Crippen LogP contribution in [0.5, 0.6) is 0 Å². The molecule has 1 saturated heterocycles. The molecule has 1 aliphatic heterocycles. The molecule has 116 valence electrons. The van der Waals surface area contributed by atoms with Crippen molar-refractivity contribution in [2.45, 2.75) is 33.6 Å². The number of hydrogen-bond acceptors (Lipinski definition) is 3. The largest absolute Gasteiger partial charge is 0.358 e. The Hall–Kier alpha value is -1.10. The second-order valence-corrected chi connectivity index (χ2v) is 6.83. The number of amides is 2. The quantitative estimate of drug-likeness (QED) is 0.836. The first-order valence-corrected chi connectivity index (χ1v) is 7.42. The number of nitrogens with zero attached hydrogens (tertiary/aromatic N) is 2. The van der Waals surface area contributed by atoms with E-state index in [0.29, 0.717) is 12.5 Å². The maximum absolute atomic E-state index is 12.1. The molecule has 0 aromatic heterocycles. The van der Waals surface area contributed by atoms with Gasteiger partial charge in [0.25, 0.3) is 0 Å². The van der Waals surface area contributed by atoms with Crippen LogP contribution in [0.1, 0.15) is 33.6 Å². The van der Waals surface area contributed by atoms with E-state index in [1.54, 1.807) is 7.05 Å². The normalized spacial score (nSPS) is 17.9. The fourth-order valence-corrected chi connectivity index (χ4v) is 2.65. The third-order valence-electron chi connectivity index (χ3n) is 3.87. The average molecular weight is 283 g/mol. The Balaban J connectivity index is 2.35. The van der Waals surface area contributed by atoms with E-state index in [1.165, 1.54) is 0 Å². The first kappa shape index (κ1) is 17.0. The molecule has 0 spiro atoms. The van der Waals surface area contributed by atoms with Crippen LogP contribution >= 0.6 is 0 Å². The van der Waals surface area contributed by atoms with Gasteiger partial charge >= 0.3 is 0 Å². The molecule has 5 nitrogen and oxygen atoms in total. The van der Waals surface area contributed by atoms with Crippen LogP contribution in [0.4, 0.5) is 0 Å². The van der Waals surface area contributed by atoms with Crippen molar-refractivity contribution in [3.8, 4) is 0 Å². The molecule has 0 bridgehead atoms. The van der Waals surface area contributed by atoms with E-state index in [0.717, 1.165) is 32.5 Å². The van der Waals surface area contributed by atoms with E-state index in [9.17, 15) is 9.59 Å². The van der Waals surface area contributed by atoms with Gasteiger partial charge in [-0.25, -0.2) is 0 Å². The van der Waals surface area contributed by atoms with Gasteiger partial charge in [0.05, 0.1) is 6.54 Å². The Morgan fingerprint density at radius 2 is 1.80 bits per heavy atom. The predicted octanol–water partition coefficient (Wildman–Crippen LogP) is 0.949. The smallest absolute Gasteiger partial charge is 0.233 e. The van der Waals surface area contributed by atoms with Crippen molar-refractivity contribution in [3.05, 3.63) is 0 Å². The lowest BCUT2D eigenvalue weighted by atomic mass is 9.92. The Morgan fingerprint density at radius 1 is 1.25 bits per heavy atom. The van der Waals surface area contributed by atoms with E-state index < -0.39 is 0 Å². The standard InChI is InChI=1S/C15H29N3O2/c1-15(2,3)14(20)17(5)10-12-6-8-18(9-7-12)11-13(19)16-4/h12H,6-11H2,1-5H3,(H,16,19). The molecule has 0 aliphatic carbocycles. The molecule has 0 unspecified atom stereocenters. The van der Waals surface area contributed by atoms with E-state index in [2.05, 4.69) is 10.2 Å². The van der Waals surface area contributed by atoms with Crippen LogP contribution in [0.25, 0.3) is 0 Å². The Labute approximate surface area is 122 Å². The topological polar surface area (TPSA) is 52.7 Å². The van der Waals surface area contributed by atoms with Crippen molar-refractivity contribution in [3.63, 3.8) is 0 Å². The summed E-state index contributed by atoms with van der Waals surface area (Å²) >= 11 is 0. The summed E-state index contributed by atoms with van der Waals surface area (Å²) in [6, 6.07) is 0. The highest BCUT2D eigenvalue weighted by Crippen LogP contribution is 2.21. The lowest BCUT2D eigenvalue weighted by Gasteiger charge is -2.35. The van der Waals surface area contributed by atoms with Gasteiger partial charge in [0.2, 0.25) is 11.8 Å². The van der Waals surface area contributed by atoms with Crippen molar-refractivity contribution in [1.29, 1.82) is 0 Å². The van der Waals surface area contributed by atoms with Crippen LogP contribution in [0.3, 0.4) is 0 Å². The maximum atomic E-state index is 12.1. The molecule has 0 aromatic rings. The summed E-state index contributed by atoms with van der Waals surface area (Å²) in [6.07, 6.45) is 2.11. The molecule has 20 heavy (non-hydrogen) atoms. The van der Waals surface area contributed by atoms with Crippen LogP contribution in [-0.4, -0.2) is 61.9 Å². The van der Waals surface area contributed by atoms with Crippen molar-refractivity contribution >= 4 is 11.8 Å². The minimum atomic E-state index is -0.311. The molecule has 5 heteroatoms. The molecule has 1 aliphatic rings. The Bertz CT molecular complexity index is 342. The zero-order valence-electron chi connectivity index (χ0n) is 13.5. The Morgan fingerprint density at radius 3 is 2.25 bits per heavy atom. The van der Waals surface area contributed by atoms with Gasteiger partial charge in [0.15, 0.2) is 0 Å². The molecule has 1 N–H and O–H groups in total. The number of rotatable bonds is 4.